The maximum Gasteiger partial charge on any atom is 0.326 e. The maximum atomic E-state index is 13.6. The van der Waals surface area contributed by atoms with Gasteiger partial charge in [-0.25, -0.2) is 4.79 Å². The van der Waals surface area contributed by atoms with Crippen molar-refractivity contribution in [2.24, 2.45) is 29.0 Å². The molecule has 0 rings (SSSR count). The van der Waals surface area contributed by atoms with Crippen molar-refractivity contribution in [3.8, 4) is 0 Å². The summed E-state index contributed by atoms with van der Waals surface area (Å²) in [4.78, 5) is 150. The van der Waals surface area contributed by atoms with Crippen LogP contribution in [0.4, 0.5) is 0 Å². The normalized spacial score (nSPS) is 15.3. The second-order valence-electron chi connectivity index (χ2n) is 14.4. The lowest BCUT2D eigenvalue weighted by atomic mass is 9.97. The minimum absolute atomic E-state index is 0.290. The Bertz CT molecular complexity index is 1670. The zero-order valence-corrected chi connectivity index (χ0v) is 36.3. The van der Waals surface area contributed by atoms with E-state index in [9.17, 15) is 67.7 Å². The van der Waals surface area contributed by atoms with Gasteiger partial charge >= 0.3 is 17.9 Å². The smallest absolute Gasteiger partial charge is 0.326 e. The molecule has 0 aromatic heterocycles. The number of hydrogen-bond donors (Lipinski definition) is 15. The van der Waals surface area contributed by atoms with Crippen LogP contribution in [0.2, 0.25) is 0 Å². The number of carbonyl (C=O) groups excluding carboxylic acids is 9. The molecule has 0 aliphatic rings. The van der Waals surface area contributed by atoms with Crippen LogP contribution in [-0.2, 0) is 57.5 Å². The number of carbonyl (C=O) groups is 12. The first kappa shape index (κ1) is 56.3. The van der Waals surface area contributed by atoms with Gasteiger partial charge in [-0.2, -0.15) is 25.3 Å². The van der Waals surface area contributed by atoms with Crippen molar-refractivity contribution in [3.05, 3.63) is 0 Å². The first-order chi connectivity index (χ1) is 28.8. The van der Waals surface area contributed by atoms with Gasteiger partial charge < -0.3 is 69.7 Å². The standard InChI is InChI=1S/C35H58N10O15S2/c1-5-15(4)27(34(58)40-18(35(59)60)7-9-23(38)47)45-32(56)21(13-62)42-30(54)19(11-25(50)51)41-29(53)17(6-8-22(37)46)39-31(55)20(12-61)43-33(57)26(14(2)3)44-28(52)16(36)10-24(48)49/h14-21,26-27,61-62H,5-13,36H2,1-4H3,(H2,37,46)(H2,38,47)(H,39,55)(H,40,58)(H,41,53)(H,42,54)(H,43,57)(H,44,52)(H,45,56)(H,48,49)(H,50,51)(H,59,60)/t15-,16-,17-,18-,19-,20-,21-,26-,27-/m0/s1. The van der Waals surface area contributed by atoms with Crippen LogP contribution >= 0.6 is 25.3 Å². The highest BCUT2D eigenvalue weighted by Gasteiger charge is 2.36. The lowest BCUT2D eigenvalue weighted by Gasteiger charge is -2.28. The van der Waals surface area contributed by atoms with Crippen LogP contribution in [0.1, 0.15) is 72.6 Å². The lowest BCUT2D eigenvalue weighted by Crippen LogP contribution is -2.61. The predicted octanol–water partition coefficient (Wildman–Crippen LogP) is -5.17. The maximum absolute atomic E-state index is 13.6. The van der Waals surface area contributed by atoms with Crippen molar-refractivity contribution in [2.75, 3.05) is 11.5 Å². The summed E-state index contributed by atoms with van der Waals surface area (Å²) in [6.45, 7) is 6.28. The summed E-state index contributed by atoms with van der Waals surface area (Å²) >= 11 is 8.14. The average molecular weight is 923 g/mol. The molecule has 0 aromatic carbocycles. The summed E-state index contributed by atoms with van der Waals surface area (Å²) in [7, 11) is 0. The Labute approximate surface area is 367 Å². The summed E-state index contributed by atoms with van der Waals surface area (Å²) in [5, 5.41) is 44.0. The molecule has 0 bridgehead atoms. The fraction of sp³-hybridized carbons (Fsp3) is 0.657. The van der Waals surface area contributed by atoms with E-state index in [0.717, 1.165) is 0 Å². The van der Waals surface area contributed by atoms with Gasteiger partial charge in [0, 0.05) is 24.3 Å². The predicted molar refractivity (Wildman–Crippen MR) is 222 cm³/mol. The molecule has 350 valence electrons. The van der Waals surface area contributed by atoms with E-state index < -0.39 is 168 Å². The van der Waals surface area contributed by atoms with Gasteiger partial charge in [-0.1, -0.05) is 34.1 Å². The highest BCUT2D eigenvalue weighted by molar-refractivity contribution is 7.80. The first-order valence-corrected chi connectivity index (χ1v) is 20.4. The minimum atomic E-state index is -1.94. The van der Waals surface area contributed by atoms with E-state index in [1.807, 2.05) is 0 Å². The minimum Gasteiger partial charge on any atom is -0.481 e. The molecule has 16 N–H and O–H groups in total. The molecule has 25 nitrogen and oxygen atoms in total. The van der Waals surface area contributed by atoms with Crippen molar-refractivity contribution >= 4 is 96.3 Å². The third-order valence-corrected chi connectivity index (χ3v) is 9.75. The second-order valence-corrected chi connectivity index (χ2v) is 15.2. The zero-order valence-electron chi connectivity index (χ0n) is 34.5. The van der Waals surface area contributed by atoms with Gasteiger partial charge in [0.05, 0.1) is 18.9 Å². The molecule has 62 heavy (non-hydrogen) atoms. The van der Waals surface area contributed by atoms with Gasteiger partial charge in [0.2, 0.25) is 53.2 Å². The Kier molecular flexibility index (Phi) is 25.4. The van der Waals surface area contributed by atoms with Crippen LogP contribution in [0.15, 0.2) is 0 Å². The van der Waals surface area contributed by atoms with Crippen LogP contribution in [0, 0.1) is 11.8 Å². The van der Waals surface area contributed by atoms with Gasteiger partial charge in [0.1, 0.15) is 42.3 Å². The molecule has 27 heteroatoms. The number of rotatable bonds is 30. The molecule has 0 aliphatic carbocycles. The molecule has 0 saturated heterocycles. The summed E-state index contributed by atoms with van der Waals surface area (Å²) in [6, 6.07) is -12.5. The number of aliphatic carboxylic acids is 3. The lowest BCUT2D eigenvalue weighted by molar-refractivity contribution is -0.143. The summed E-state index contributed by atoms with van der Waals surface area (Å²) in [5.74, 6) is -15.7. The first-order valence-electron chi connectivity index (χ1n) is 19.1. The van der Waals surface area contributed by atoms with Crippen LogP contribution in [0.5, 0.6) is 0 Å². The molecule has 0 spiro atoms. The fourth-order valence-electron chi connectivity index (χ4n) is 5.24. The number of carboxylic acids is 3. The number of hydrogen-bond acceptors (Lipinski definition) is 15. The number of amides is 9. The largest absolute Gasteiger partial charge is 0.481 e. The Morgan fingerprint density at radius 2 is 0.871 bits per heavy atom. The Morgan fingerprint density at radius 1 is 0.500 bits per heavy atom. The Morgan fingerprint density at radius 3 is 1.31 bits per heavy atom. The van der Waals surface area contributed by atoms with E-state index in [2.05, 4.69) is 62.5 Å². The van der Waals surface area contributed by atoms with Crippen molar-refractivity contribution in [2.45, 2.75) is 121 Å². The monoisotopic (exact) mass is 922 g/mol. The van der Waals surface area contributed by atoms with Crippen molar-refractivity contribution in [1.29, 1.82) is 0 Å². The Balaban J connectivity index is 6.25. The molecule has 9 atom stereocenters. The number of nitrogens with two attached hydrogens (primary N) is 3. The molecular formula is C35H58N10O15S2. The number of primary amides is 2. The molecule has 0 fully saturated rings. The van der Waals surface area contributed by atoms with E-state index in [0.29, 0.717) is 6.42 Å². The third kappa shape index (κ3) is 20.7. The molecule has 0 aliphatic heterocycles. The molecular weight excluding hydrogens is 865 g/mol. The molecule has 0 saturated carbocycles. The Hall–Kier alpha value is -5.70. The summed E-state index contributed by atoms with van der Waals surface area (Å²) in [6.07, 6.45) is -3.27. The van der Waals surface area contributed by atoms with Gasteiger partial charge in [-0.15, -0.1) is 0 Å². The number of carboxylic acid groups (broad SMARTS) is 3. The van der Waals surface area contributed by atoms with Crippen molar-refractivity contribution in [1.82, 2.24) is 37.2 Å². The summed E-state index contributed by atoms with van der Waals surface area (Å²) in [5.41, 5.74) is 15.9. The molecule has 0 heterocycles. The van der Waals surface area contributed by atoms with Gasteiger partial charge in [-0.3, -0.25) is 52.7 Å². The quantitative estimate of drug-likeness (QED) is 0.0300. The van der Waals surface area contributed by atoms with Gasteiger partial charge in [0.25, 0.3) is 0 Å². The van der Waals surface area contributed by atoms with Crippen molar-refractivity contribution < 1.29 is 72.9 Å². The van der Waals surface area contributed by atoms with E-state index in [1.165, 1.54) is 13.8 Å². The number of nitrogens with one attached hydrogen (secondary N) is 7. The molecule has 9 amide bonds. The van der Waals surface area contributed by atoms with E-state index in [-0.39, 0.29) is 12.8 Å². The van der Waals surface area contributed by atoms with E-state index in [1.54, 1.807) is 13.8 Å². The highest BCUT2D eigenvalue weighted by Crippen LogP contribution is 2.11. The average Bonchev–Trinajstić information content (AvgIpc) is 3.17. The molecule has 0 unspecified atom stereocenters. The topological polar surface area (TPSA) is 428 Å². The zero-order chi connectivity index (χ0) is 48.0. The fourth-order valence-corrected chi connectivity index (χ4v) is 5.76. The van der Waals surface area contributed by atoms with Crippen LogP contribution in [0.25, 0.3) is 0 Å². The van der Waals surface area contributed by atoms with Crippen LogP contribution < -0.4 is 54.4 Å². The molecule has 0 aromatic rings. The van der Waals surface area contributed by atoms with E-state index >= 15 is 0 Å². The van der Waals surface area contributed by atoms with Crippen molar-refractivity contribution in [3.63, 3.8) is 0 Å². The highest BCUT2D eigenvalue weighted by atomic mass is 32.1. The van der Waals surface area contributed by atoms with Crippen LogP contribution in [-0.4, -0.2) is 146 Å². The SMILES string of the molecule is CC[C@H](C)[C@H](NC(=O)[C@H](CS)NC(=O)[C@H](CC(=O)O)NC(=O)[C@H](CCC(N)=O)NC(=O)[C@H](CS)NC(=O)[C@@H](NC(=O)[C@@H](N)CC(=O)O)C(C)C)C(=O)N[C@@H](CCC(N)=O)C(=O)O. The summed E-state index contributed by atoms with van der Waals surface area (Å²) < 4.78 is 0. The van der Waals surface area contributed by atoms with Gasteiger partial charge in [-0.05, 0) is 24.7 Å². The molecule has 0 radical (unpaired) electrons. The third-order valence-electron chi connectivity index (χ3n) is 9.02. The van der Waals surface area contributed by atoms with Gasteiger partial charge in [0.15, 0.2) is 0 Å². The number of thiol groups is 2. The van der Waals surface area contributed by atoms with Crippen LogP contribution in [0.3, 0.4) is 0 Å². The van der Waals surface area contributed by atoms with E-state index in [4.69, 9.17) is 22.3 Å². The second kappa shape index (κ2) is 28.0.